The largest absolute Gasteiger partial charge is 0.465 e. The molecule has 0 bridgehead atoms. The molecule has 2 N–H and O–H groups in total. The molecule has 3 aromatic rings. The van der Waals surface area contributed by atoms with E-state index in [0.717, 1.165) is 11.3 Å². The van der Waals surface area contributed by atoms with Crippen molar-refractivity contribution in [3.8, 4) is 0 Å². The van der Waals surface area contributed by atoms with Crippen LogP contribution in [0.5, 0.6) is 0 Å². The van der Waals surface area contributed by atoms with Gasteiger partial charge in [0.15, 0.2) is 5.16 Å². The second kappa shape index (κ2) is 10.6. The fourth-order valence-corrected chi connectivity index (χ4v) is 3.54. The molecule has 0 saturated heterocycles. The van der Waals surface area contributed by atoms with Crippen LogP contribution in [0.15, 0.2) is 53.7 Å². The Labute approximate surface area is 189 Å². The van der Waals surface area contributed by atoms with Crippen LogP contribution < -0.4 is 10.6 Å². The lowest BCUT2D eigenvalue weighted by atomic mass is 10.2. The van der Waals surface area contributed by atoms with E-state index in [0.29, 0.717) is 22.2 Å². The molecular formula is C22H23N5O4S. The molecule has 9 nitrogen and oxygen atoms in total. The minimum atomic E-state index is -0.441. The quantitative estimate of drug-likeness (QED) is 0.398. The third-order valence-electron chi connectivity index (χ3n) is 4.59. The average molecular weight is 454 g/mol. The average Bonchev–Trinajstić information content (AvgIpc) is 3.13. The summed E-state index contributed by atoms with van der Waals surface area (Å²) < 4.78 is 6.34. The number of carbonyl (C=O) groups excluding carboxylic acids is 3. The highest BCUT2D eigenvalue weighted by Crippen LogP contribution is 2.18. The molecule has 166 valence electrons. The van der Waals surface area contributed by atoms with E-state index in [1.165, 1.54) is 18.9 Å². The third-order valence-corrected chi connectivity index (χ3v) is 5.61. The van der Waals surface area contributed by atoms with Crippen LogP contribution in [0.25, 0.3) is 0 Å². The van der Waals surface area contributed by atoms with Gasteiger partial charge in [0, 0.05) is 18.4 Å². The van der Waals surface area contributed by atoms with Crippen molar-refractivity contribution in [3.63, 3.8) is 0 Å². The maximum absolute atomic E-state index is 12.4. The Balaban J connectivity index is 1.52. The summed E-state index contributed by atoms with van der Waals surface area (Å²) in [5, 5.41) is 14.3. The van der Waals surface area contributed by atoms with Crippen LogP contribution >= 0.6 is 11.8 Å². The van der Waals surface area contributed by atoms with Crippen LogP contribution in [0, 0.1) is 6.92 Å². The van der Waals surface area contributed by atoms with E-state index in [1.54, 1.807) is 35.9 Å². The molecule has 0 aliphatic heterocycles. The van der Waals surface area contributed by atoms with Crippen LogP contribution in [-0.4, -0.2) is 45.4 Å². The van der Waals surface area contributed by atoms with Crippen LogP contribution in [0.2, 0.25) is 0 Å². The first-order valence-corrected chi connectivity index (χ1v) is 10.7. The molecule has 2 aromatic carbocycles. The Hall–Kier alpha value is -3.66. The molecule has 0 unspecified atom stereocenters. The molecule has 0 atom stereocenters. The Bertz CT molecular complexity index is 1130. The minimum Gasteiger partial charge on any atom is -0.465 e. The second-order valence-electron chi connectivity index (χ2n) is 6.90. The van der Waals surface area contributed by atoms with Gasteiger partial charge in [-0.2, -0.15) is 0 Å². The number of aryl methyl sites for hydroxylation is 1. The summed E-state index contributed by atoms with van der Waals surface area (Å²) in [5.41, 5.74) is 2.69. The lowest BCUT2D eigenvalue weighted by Gasteiger charge is -2.08. The molecule has 3 rings (SSSR count). The zero-order valence-electron chi connectivity index (χ0n) is 17.9. The second-order valence-corrected chi connectivity index (χ2v) is 7.85. The van der Waals surface area contributed by atoms with Crippen molar-refractivity contribution in [1.29, 1.82) is 0 Å². The number of hydrogen-bond donors (Lipinski definition) is 2. The van der Waals surface area contributed by atoms with Crippen molar-refractivity contribution in [1.82, 2.24) is 14.8 Å². The SMILES string of the molecule is COC(=O)c1ccc(NC(=O)CSc2nnc(CC(=O)Nc3ccccc3C)n2C)cc1. The molecule has 2 amide bonds. The Morgan fingerprint density at radius 1 is 1.00 bits per heavy atom. The van der Waals surface area contributed by atoms with Gasteiger partial charge in [-0.1, -0.05) is 30.0 Å². The predicted octanol–water partition coefficient (Wildman–Crippen LogP) is 2.82. The van der Waals surface area contributed by atoms with Crippen LogP contribution in [0.3, 0.4) is 0 Å². The topological polar surface area (TPSA) is 115 Å². The van der Waals surface area contributed by atoms with Gasteiger partial charge in [0.25, 0.3) is 0 Å². The van der Waals surface area contributed by atoms with E-state index in [1.807, 2.05) is 31.2 Å². The Morgan fingerprint density at radius 2 is 1.72 bits per heavy atom. The van der Waals surface area contributed by atoms with Crippen LogP contribution in [0.4, 0.5) is 11.4 Å². The number of nitrogens with zero attached hydrogens (tertiary/aromatic N) is 3. The summed E-state index contributed by atoms with van der Waals surface area (Å²) in [4.78, 5) is 36.1. The van der Waals surface area contributed by atoms with Crippen molar-refractivity contribution >= 4 is 40.9 Å². The highest BCUT2D eigenvalue weighted by Gasteiger charge is 2.15. The molecule has 0 aliphatic rings. The monoisotopic (exact) mass is 453 g/mol. The number of methoxy groups -OCH3 is 1. The molecule has 0 fully saturated rings. The summed E-state index contributed by atoms with van der Waals surface area (Å²) in [6, 6.07) is 13.9. The molecule has 1 aromatic heterocycles. The first kappa shape index (κ1) is 23.0. The molecule has 0 aliphatic carbocycles. The molecule has 0 spiro atoms. The standard InChI is InChI=1S/C22H23N5O4S/c1-14-6-4-5-7-17(14)24-19(28)12-18-25-26-22(27(18)2)32-13-20(29)23-16-10-8-15(9-11-16)21(30)31-3/h4-11H,12-13H2,1-3H3,(H,23,29)(H,24,28). The van der Waals surface area contributed by atoms with Crippen molar-refractivity contribution in [2.45, 2.75) is 18.5 Å². The van der Waals surface area contributed by atoms with Gasteiger partial charge in [-0.3, -0.25) is 9.59 Å². The van der Waals surface area contributed by atoms with Gasteiger partial charge in [0.2, 0.25) is 11.8 Å². The maximum atomic E-state index is 12.4. The minimum absolute atomic E-state index is 0.0666. The van der Waals surface area contributed by atoms with E-state index < -0.39 is 5.97 Å². The normalized spacial score (nSPS) is 10.5. The Kier molecular flexibility index (Phi) is 7.61. The van der Waals surface area contributed by atoms with E-state index in [-0.39, 0.29) is 24.0 Å². The number of aromatic nitrogens is 3. The summed E-state index contributed by atoms with van der Waals surface area (Å²) in [6.45, 7) is 1.92. The van der Waals surface area contributed by atoms with E-state index in [4.69, 9.17) is 0 Å². The van der Waals surface area contributed by atoms with Crippen LogP contribution in [-0.2, 0) is 27.8 Å². The highest BCUT2D eigenvalue weighted by atomic mass is 32.2. The fourth-order valence-electron chi connectivity index (χ4n) is 2.81. The van der Waals surface area contributed by atoms with Gasteiger partial charge in [-0.05, 0) is 42.8 Å². The van der Waals surface area contributed by atoms with Gasteiger partial charge < -0.3 is 19.9 Å². The summed E-state index contributed by atoms with van der Waals surface area (Å²) in [6.07, 6.45) is 0.0666. The molecule has 32 heavy (non-hydrogen) atoms. The molecular weight excluding hydrogens is 430 g/mol. The van der Waals surface area contributed by atoms with E-state index >= 15 is 0 Å². The lowest BCUT2D eigenvalue weighted by Crippen LogP contribution is -2.17. The van der Waals surface area contributed by atoms with Crippen LogP contribution in [0.1, 0.15) is 21.7 Å². The molecule has 1 heterocycles. The molecule has 0 saturated carbocycles. The first-order chi connectivity index (χ1) is 15.4. The molecule has 10 heteroatoms. The van der Waals surface area contributed by atoms with Gasteiger partial charge in [-0.15, -0.1) is 10.2 Å². The number of carbonyl (C=O) groups is 3. The number of nitrogens with one attached hydrogen (secondary N) is 2. The predicted molar refractivity (Wildman–Crippen MR) is 122 cm³/mol. The first-order valence-electron chi connectivity index (χ1n) is 9.72. The number of ether oxygens (including phenoxy) is 1. The number of anilines is 2. The number of benzene rings is 2. The number of amides is 2. The van der Waals surface area contributed by atoms with Crippen molar-refractivity contribution in [3.05, 3.63) is 65.5 Å². The van der Waals surface area contributed by atoms with Crippen molar-refractivity contribution in [2.24, 2.45) is 7.05 Å². The number of hydrogen-bond acceptors (Lipinski definition) is 7. The Morgan fingerprint density at radius 3 is 2.41 bits per heavy atom. The number of esters is 1. The number of rotatable bonds is 8. The van der Waals surface area contributed by atoms with Gasteiger partial charge >= 0.3 is 5.97 Å². The number of para-hydroxylation sites is 1. The molecule has 0 radical (unpaired) electrons. The van der Waals surface area contributed by atoms with Crippen molar-refractivity contribution < 1.29 is 19.1 Å². The van der Waals surface area contributed by atoms with E-state index in [2.05, 4.69) is 25.6 Å². The van der Waals surface area contributed by atoms with Crippen molar-refractivity contribution in [2.75, 3.05) is 23.5 Å². The highest BCUT2D eigenvalue weighted by molar-refractivity contribution is 7.99. The lowest BCUT2D eigenvalue weighted by molar-refractivity contribution is -0.116. The zero-order chi connectivity index (χ0) is 23.1. The number of thioether (sulfide) groups is 1. The zero-order valence-corrected chi connectivity index (χ0v) is 18.7. The van der Waals surface area contributed by atoms with Gasteiger partial charge in [-0.25, -0.2) is 4.79 Å². The smallest absolute Gasteiger partial charge is 0.337 e. The fraction of sp³-hybridized carbons (Fsp3) is 0.227. The summed E-state index contributed by atoms with van der Waals surface area (Å²) >= 11 is 1.21. The van der Waals surface area contributed by atoms with E-state index in [9.17, 15) is 14.4 Å². The third kappa shape index (κ3) is 5.94. The van der Waals surface area contributed by atoms with Gasteiger partial charge in [0.05, 0.1) is 24.8 Å². The van der Waals surface area contributed by atoms with Gasteiger partial charge in [0.1, 0.15) is 5.82 Å². The maximum Gasteiger partial charge on any atom is 0.337 e. The summed E-state index contributed by atoms with van der Waals surface area (Å²) in [5.74, 6) is -0.260. The summed E-state index contributed by atoms with van der Waals surface area (Å²) in [7, 11) is 3.06.